The minimum absolute atomic E-state index is 0.00602. The summed E-state index contributed by atoms with van der Waals surface area (Å²) in [6.07, 6.45) is 0.657. The second kappa shape index (κ2) is 7.02. The van der Waals surface area contributed by atoms with Gasteiger partial charge in [-0.15, -0.1) is 0 Å². The predicted molar refractivity (Wildman–Crippen MR) is 79.9 cm³/mol. The van der Waals surface area contributed by atoms with E-state index >= 15 is 0 Å². The Kier molecular flexibility index (Phi) is 5.92. The molecule has 1 aromatic rings. The number of aliphatic hydroxyl groups is 1. The SMILES string of the molecule is CC(C)CC(C)(O)CNCc1c(Cl)cccc1[N+](=O)[O-]. The molecule has 1 atom stereocenters. The van der Waals surface area contributed by atoms with Crippen LogP contribution in [0.1, 0.15) is 32.8 Å². The standard InChI is InChI=1S/C14H21ClN2O3/c1-10(2)7-14(3,18)9-16-8-11-12(15)5-4-6-13(11)17(19)20/h4-6,10,16,18H,7-9H2,1-3H3. The van der Waals surface area contributed by atoms with Crippen LogP contribution in [0.2, 0.25) is 5.02 Å². The third kappa shape index (κ3) is 5.07. The van der Waals surface area contributed by atoms with Gasteiger partial charge in [-0.25, -0.2) is 0 Å². The third-order valence-electron chi connectivity index (χ3n) is 2.95. The molecule has 112 valence electrons. The van der Waals surface area contributed by atoms with Gasteiger partial charge in [0, 0.05) is 19.2 Å². The van der Waals surface area contributed by atoms with Crippen LogP contribution in [0.4, 0.5) is 5.69 Å². The van der Waals surface area contributed by atoms with Gasteiger partial charge >= 0.3 is 0 Å². The number of nitro groups is 1. The minimum Gasteiger partial charge on any atom is -0.389 e. The van der Waals surface area contributed by atoms with E-state index in [1.54, 1.807) is 19.1 Å². The Morgan fingerprint density at radius 1 is 1.50 bits per heavy atom. The Morgan fingerprint density at radius 3 is 2.70 bits per heavy atom. The van der Waals surface area contributed by atoms with E-state index < -0.39 is 10.5 Å². The summed E-state index contributed by atoms with van der Waals surface area (Å²) in [6, 6.07) is 4.60. The molecule has 0 aliphatic carbocycles. The highest BCUT2D eigenvalue weighted by Gasteiger charge is 2.22. The normalized spacial score (nSPS) is 14.3. The molecule has 0 aromatic heterocycles. The van der Waals surface area contributed by atoms with Gasteiger partial charge in [0.15, 0.2) is 0 Å². The predicted octanol–water partition coefficient (Wildman–Crippen LogP) is 3.13. The molecule has 0 aliphatic heterocycles. The fourth-order valence-corrected chi connectivity index (χ4v) is 2.54. The zero-order valence-electron chi connectivity index (χ0n) is 12.0. The van der Waals surface area contributed by atoms with Crippen molar-refractivity contribution in [2.45, 2.75) is 39.3 Å². The average molecular weight is 301 g/mol. The van der Waals surface area contributed by atoms with Gasteiger partial charge in [-0.1, -0.05) is 31.5 Å². The van der Waals surface area contributed by atoms with Crippen molar-refractivity contribution in [3.8, 4) is 0 Å². The topological polar surface area (TPSA) is 75.4 Å². The average Bonchev–Trinajstić information content (AvgIpc) is 2.28. The van der Waals surface area contributed by atoms with E-state index in [9.17, 15) is 15.2 Å². The zero-order chi connectivity index (χ0) is 15.3. The maximum atomic E-state index is 10.9. The van der Waals surface area contributed by atoms with Crippen molar-refractivity contribution in [1.29, 1.82) is 0 Å². The number of benzene rings is 1. The lowest BCUT2D eigenvalue weighted by molar-refractivity contribution is -0.385. The molecule has 0 saturated carbocycles. The minimum atomic E-state index is -0.843. The Hall–Kier alpha value is -1.17. The summed E-state index contributed by atoms with van der Waals surface area (Å²) < 4.78 is 0. The van der Waals surface area contributed by atoms with Gasteiger partial charge in [-0.2, -0.15) is 0 Å². The van der Waals surface area contributed by atoms with Crippen LogP contribution in [0.15, 0.2) is 18.2 Å². The maximum Gasteiger partial charge on any atom is 0.275 e. The van der Waals surface area contributed by atoms with Crippen LogP contribution in [0, 0.1) is 16.0 Å². The zero-order valence-corrected chi connectivity index (χ0v) is 12.8. The largest absolute Gasteiger partial charge is 0.389 e. The van der Waals surface area contributed by atoms with E-state index in [2.05, 4.69) is 5.32 Å². The molecule has 1 rings (SSSR count). The van der Waals surface area contributed by atoms with Crippen LogP contribution < -0.4 is 5.32 Å². The first-order chi connectivity index (χ1) is 9.23. The molecule has 0 heterocycles. The van der Waals surface area contributed by atoms with Gasteiger partial charge in [0.2, 0.25) is 0 Å². The van der Waals surface area contributed by atoms with E-state index in [4.69, 9.17) is 11.6 Å². The number of hydrogen-bond acceptors (Lipinski definition) is 4. The highest BCUT2D eigenvalue weighted by Crippen LogP contribution is 2.26. The van der Waals surface area contributed by atoms with Crippen molar-refractivity contribution >= 4 is 17.3 Å². The number of rotatable bonds is 7. The molecular formula is C14H21ClN2O3. The summed E-state index contributed by atoms with van der Waals surface area (Å²) in [5, 5.41) is 24.5. The van der Waals surface area contributed by atoms with Gasteiger partial charge in [0.1, 0.15) is 0 Å². The maximum absolute atomic E-state index is 10.9. The second-order valence-corrected chi connectivity index (χ2v) is 6.10. The van der Waals surface area contributed by atoms with Crippen molar-refractivity contribution in [1.82, 2.24) is 5.32 Å². The van der Waals surface area contributed by atoms with Crippen LogP contribution in [-0.2, 0) is 6.54 Å². The lowest BCUT2D eigenvalue weighted by Gasteiger charge is -2.25. The lowest BCUT2D eigenvalue weighted by Crippen LogP contribution is -2.38. The van der Waals surface area contributed by atoms with E-state index in [0.29, 0.717) is 29.5 Å². The van der Waals surface area contributed by atoms with Gasteiger partial charge in [0.25, 0.3) is 5.69 Å². The summed E-state index contributed by atoms with van der Waals surface area (Å²) in [6.45, 7) is 6.43. The molecule has 2 N–H and O–H groups in total. The first kappa shape index (κ1) is 16.9. The number of nitrogens with zero attached hydrogens (tertiary/aromatic N) is 1. The smallest absolute Gasteiger partial charge is 0.275 e. The molecule has 0 radical (unpaired) electrons. The molecule has 0 saturated heterocycles. The van der Waals surface area contributed by atoms with Crippen molar-refractivity contribution < 1.29 is 10.0 Å². The second-order valence-electron chi connectivity index (χ2n) is 5.69. The number of halogens is 1. The first-order valence-electron chi connectivity index (χ1n) is 6.58. The fourth-order valence-electron chi connectivity index (χ4n) is 2.30. The van der Waals surface area contributed by atoms with Crippen molar-refractivity contribution in [2.24, 2.45) is 5.92 Å². The van der Waals surface area contributed by atoms with Crippen molar-refractivity contribution in [3.63, 3.8) is 0 Å². The molecule has 0 bridgehead atoms. The summed E-state index contributed by atoms with van der Waals surface area (Å²) >= 11 is 6.00. The van der Waals surface area contributed by atoms with Crippen LogP contribution in [0.25, 0.3) is 0 Å². The van der Waals surface area contributed by atoms with Crippen LogP contribution in [-0.4, -0.2) is 22.2 Å². The number of nitro benzene ring substituents is 1. The van der Waals surface area contributed by atoms with E-state index in [0.717, 1.165) is 0 Å². The third-order valence-corrected chi connectivity index (χ3v) is 3.30. The molecular weight excluding hydrogens is 280 g/mol. The highest BCUT2D eigenvalue weighted by atomic mass is 35.5. The fraction of sp³-hybridized carbons (Fsp3) is 0.571. The highest BCUT2D eigenvalue weighted by molar-refractivity contribution is 6.31. The molecule has 5 nitrogen and oxygen atoms in total. The Labute approximate surface area is 124 Å². The monoisotopic (exact) mass is 300 g/mol. The van der Waals surface area contributed by atoms with Crippen LogP contribution in [0.3, 0.4) is 0 Å². The van der Waals surface area contributed by atoms with E-state index in [1.165, 1.54) is 6.07 Å². The van der Waals surface area contributed by atoms with Crippen LogP contribution in [0.5, 0.6) is 0 Å². The Balaban J connectivity index is 2.69. The van der Waals surface area contributed by atoms with Crippen LogP contribution >= 0.6 is 11.6 Å². The van der Waals surface area contributed by atoms with E-state index in [1.807, 2.05) is 13.8 Å². The summed E-state index contributed by atoms with van der Waals surface area (Å²) in [4.78, 5) is 10.5. The molecule has 20 heavy (non-hydrogen) atoms. The van der Waals surface area contributed by atoms with Crippen molar-refractivity contribution in [3.05, 3.63) is 38.9 Å². The molecule has 1 aromatic carbocycles. The summed E-state index contributed by atoms with van der Waals surface area (Å²) in [7, 11) is 0. The van der Waals surface area contributed by atoms with Gasteiger partial charge in [0.05, 0.1) is 21.1 Å². The quantitative estimate of drug-likeness (QED) is 0.599. The molecule has 0 aliphatic rings. The Bertz CT molecular complexity index is 475. The molecule has 1 unspecified atom stereocenters. The van der Waals surface area contributed by atoms with Gasteiger partial charge in [-0.3, -0.25) is 10.1 Å². The van der Waals surface area contributed by atoms with E-state index in [-0.39, 0.29) is 12.2 Å². The molecule has 0 amide bonds. The van der Waals surface area contributed by atoms with Gasteiger partial charge < -0.3 is 10.4 Å². The van der Waals surface area contributed by atoms with Gasteiger partial charge in [-0.05, 0) is 25.3 Å². The molecule has 0 spiro atoms. The van der Waals surface area contributed by atoms with Crippen molar-refractivity contribution in [2.75, 3.05) is 6.54 Å². The first-order valence-corrected chi connectivity index (χ1v) is 6.95. The summed E-state index contributed by atoms with van der Waals surface area (Å²) in [5.74, 6) is 0.376. The number of nitrogens with one attached hydrogen (secondary N) is 1. The Morgan fingerprint density at radius 2 is 2.15 bits per heavy atom. The molecule has 0 fully saturated rings. The summed E-state index contributed by atoms with van der Waals surface area (Å²) in [5.41, 5.74) is -0.405. The number of hydrogen-bond donors (Lipinski definition) is 2. The lowest BCUT2D eigenvalue weighted by atomic mass is 9.94. The molecule has 6 heteroatoms.